The molecule has 2 saturated carbocycles. The van der Waals surface area contributed by atoms with E-state index in [2.05, 4.69) is 0 Å². The Bertz CT molecular complexity index is 1180. The number of nitrogens with zero attached hydrogens (tertiary/aromatic N) is 2. The number of primary amides is 1. The highest BCUT2D eigenvalue weighted by molar-refractivity contribution is 6.32. The fraction of sp³-hybridized carbons (Fsp3) is 0.577. The van der Waals surface area contributed by atoms with Gasteiger partial charge in [-0.3, -0.25) is 33.7 Å². The van der Waals surface area contributed by atoms with E-state index in [1.165, 1.54) is 11.0 Å². The van der Waals surface area contributed by atoms with E-state index in [1.54, 1.807) is 25.2 Å². The quantitative estimate of drug-likeness (QED) is 0.322. The van der Waals surface area contributed by atoms with Crippen LogP contribution in [0, 0.1) is 23.7 Å². The Labute approximate surface area is 214 Å². The fourth-order valence-corrected chi connectivity index (χ4v) is 6.44. The van der Waals surface area contributed by atoms with E-state index >= 15 is 0 Å². The van der Waals surface area contributed by atoms with E-state index in [-0.39, 0.29) is 24.2 Å². The van der Waals surface area contributed by atoms with Crippen molar-refractivity contribution < 1.29 is 39.0 Å². The van der Waals surface area contributed by atoms with Crippen molar-refractivity contribution in [3.8, 4) is 5.75 Å². The summed E-state index contributed by atoms with van der Waals surface area (Å²) in [5, 5.41) is 23.9. The van der Waals surface area contributed by atoms with Crippen LogP contribution in [0.5, 0.6) is 5.75 Å². The summed E-state index contributed by atoms with van der Waals surface area (Å²) in [7, 11) is 3.11. The van der Waals surface area contributed by atoms with Crippen molar-refractivity contribution in [1.82, 2.24) is 9.96 Å². The first-order chi connectivity index (χ1) is 17.4. The number of phenols is 1. The Kier molecular flexibility index (Phi) is 7.10. The fourth-order valence-electron chi connectivity index (χ4n) is 6.44. The molecule has 0 saturated heterocycles. The molecule has 4 rings (SSSR count). The number of Topliss-reactive ketones (excluding diaryl/α,β-unsaturated/α-hetero) is 4. The summed E-state index contributed by atoms with van der Waals surface area (Å²) in [6.07, 6.45) is 0.237. The topological polar surface area (TPSA) is 168 Å². The van der Waals surface area contributed by atoms with Gasteiger partial charge in [-0.1, -0.05) is 13.0 Å². The highest BCUT2D eigenvalue weighted by Crippen LogP contribution is 2.51. The average Bonchev–Trinajstić information content (AvgIpc) is 2.82. The van der Waals surface area contributed by atoms with Crippen LogP contribution in [0.2, 0.25) is 0 Å². The van der Waals surface area contributed by atoms with Crippen LogP contribution >= 0.6 is 0 Å². The van der Waals surface area contributed by atoms with Gasteiger partial charge in [0.1, 0.15) is 5.75 Å². The zero-order chi connectivity index (χ0) is 27.4. The molecule has 0 aromatic heterocycles. The molecule has 200 valence electrons. The van der Waals surface area contributed by atoms with Crippen molar-refractivity contribution in [3.05, 3.63) is 28.8 Å². The summed E-state index contributed by atoms with van der Waals surface area (Å²) < 4.78 is 0. The molecule has 2 fully saturated rings. The Morgan fingerprint density at radius 2 is 1.84 bits per heavy atom. The molecule has 1 aromatic rings. The minimum absolute atomic E-state index is 0.0158. The number of fused-ring (bicyclic) bond motifs is 3. The zero-order valence-corrected chi connectivity index (χ0v) is 21.4. The van der Waals surface area contributed by atoms with Crippen LogP contribution in [0.3, 0.4) is 0 Å². The van der Waals surface area contributed by atoms with Gasteiger partial charge in [-0.15, -0.1) is 0 Å². The normalized spacial score (nSPS) is 31.4. The van der Waals surface area contributed by atoms with Crippen LogP contribution in [0.4, 0.5) is 0 Å². The molecule has 0 bridgehead atoms. The van der Waals surface area contributed by atoms with Crippen LogP contribution in [0.15, 0.2) is 12.1 Å². The molecule has 11 nitrogen and oxygen atoms in total. The van der Waals surface area contributed by atoms with Crippen molar-refractivity contribution >= 4 is 29.0 Å². The van der Waals surface area contributed by atoms with Crippen LogP contribution in [-0.4, -0.2) is 88.1 Å². The van der Waals surface area contributed by atoms with Gasteiger partial charge in [0.25, 0.3) is 0 Å². The number of hydrogen-bond donors (Lipinski definition) is 3. The molecule has 2 unspecified atom stereocenters. The number of ketones is 4. The maximum atomic E-state index is 13.8. The summed E-state index contributed by atoms with van der Waals surface area (Å²) >= 11 is 0. The lowest BCUT2D eigenvalue weighted by molar-refractivity contribution is -0.181. The van der Waals surface area contributed by atoms with Crippen molar-refractivity contribution in [2.75, 3.05) is 27.2 Å². The standard InChI is InChI=1S/C26H33N3O8/c1-5-29(37-6-2)11-12-7-8-16(30)18-14(12)9-13-10-15-20(28(3)4)22(32)19(25(27)35)24(34)26(15,36)23(33)17(13)21(18)31/h7-8,13,15,17,19-20,30,36H,5-6,9-11H2,1-4H3,(H2,27,35)/t13-,15-,17?,19?,20-,26-/m0/s1. The van der Waals surface area contributed by atoms with Gasteiger partial charge in [0, 0.05) is 19.0 Å². The summed E-state index contributed by atoms with van der Waals surface area (Å²) in [5.41, 5.74) is 3.91. The number of amides is 1. The van der Waals surface area contributed by atoms with Crippen LogP contribution in [0.1, 0.15) is 41.8 Å². The largest absolute Gasteiger partial charge is 0.507 e. The number of aromatic hydroxyl groups is 1. The van der Waals surface area contributed by atoms with Gasteiger partial charge < -0.3 is 15.9 Å². The molecule has 0 heterocycles. The molecular formula is C26H33N3O8. The van der Waals surface area contributed by atoms with Crippen molar-refractivity contribution in [2.24, 2.45) is 29.4 Å². The second-order valence-electron chi connectivity index (χ2n) is 10.3. The molecule has 3 aliphatic rings. The highest BCUT2D eigenvalue weighted by Gasteiger charge is 2.69. The van der Waals surface area contributed by atoms with Gasteiger partial charge >= 0.3 is 0 Å². The third-order valence-corrected chi connectivity index (χ3v) is 8.05. The van der Waals surface area contributed by atoms with Gasteiger partial charge in [-0.25, -0.2) is 0 Å². The molecule has 4 N–H and O–H groups in total. The monoisotopic (exact) mass is 515 g/mol. The van der Waals surface area contributed by atoms with Crippen molar-refractivity contribution in [1.29, 1.82) is 0 Å². The number of phenolic OH excluding ortho intramolecular Hbond substituents is 1. The van der Waals surface area contributed by atoms with Crippen LogP contribution < -0.4 is 5.73 Å². The third kappa shape index (κ3) is 4.01. The number of hydroxylamine groups is 2. The molecular weight excluding hydrogens is 482 g/mol. The first kappa shape index (κ1) is 27.1. The number of rotatable bonds is 7. The second kappa shape index (κ2) is 9.71. The number of aliphatic hydroxyl groups is 1. The number of benzene rings is 1. The van der Waals surface area contributed by atoms with Gasteiger partial charge in [-0.2, -0.15) is 5.06 Å². The van der Waals surface area contributed by atoms with E-state index < -0.39 is 64.4 Å². The predicted molar refractivity (Wildman–Crippen MR) is 129 cm³/mol. The van der Waals surface area contributed by atoms with E-state index in [0.717, 1.165) is 5.56 Å². The number of carbonyl (C=O) groups excluding carboxylic acids is 5. The molecule has 1 amide bonds. The number of nitrogens with two attached hydrogens (primary N) is 1. The Balaban J connectivity index is 1.82. The number of hydrogen-bond acceptors (Lipinski definition) is 10. The lowest BCUT2D eigenvalue weighted by Crippen LogP contribution is -2.74. The Morgan fingerprint density at radius 1 is 1.16 bits per heavy atom. The maximum absolute atomic E-state index is 13.8. The van der Waals surface area contributed by atoms with Crippen LogP contribution in [0.25, 0.3) is 0 Å². The lowest BCUT2D eigenvalue weighted by atomic mass is 9.52. The smallest absolute Gasteiger partial charge is 0.235 e. The number of likely N-dealkylation sites (N-methyl/N-ethyl adjacent to an activating group) is 1. The molecule has 37 heavy (non-hydrogen) atoms. The molecule has 11 heteroatoms. The Hall–Kier alpha value is -2.99. The molecule has 0 spiro atoms. The maximum Gasteiger partial charge on any atom is 0.235 e. The SMILES string of the molecule is CCON(CC)Cc1ccc(O)c2c1C[C@H]1C[C@H]3[C@H](N(C)C)C(=O)C(C(N)=O)C(=O)[C@@]3(O)C(=O)C1C2=O. The van der Waals surface area contributed by atoms with E-state index in [1.807, 2.05) is 13.8 Å². The van der Waals surface area contributed by atoms with Gasteiger partial charge in [0.05, 0.1) is 24.1 Å². The summed E-state index contributed by atoms with van der Waals surface area (Å²) in [6, 6.07) is 1.96. The van der Waals surface area contributed by atoms with Gasteiger partial charge in [0.2, 0.25) is 5.91 Å². The molecule has 1 aromatic carbocycles. The number of carbonyl (C=O) groups is 5. The lowest BCUT2D eigenvalue weighted by Gasteiger charge is -2.52. The average molecular weight is 516 g/mol. The minimum Gasteiger partial charge on any atom is -0.507 e. The van der Waals surface area contributed by atoms with E-state index in [4.69, 9.17) is 10.6 Å². The zero-order valence-electron chi connectivity index (χ0n) is 21.4. The third-order valence-electron chi connectivity index (χ3n) is 8.05. The van der Waals surface area contributed by atoms with E-state index in [9.17, 15) is 34.2 Å². The molecule has 0 aliphatic heterocycles. The molecule has 6 atom stereocenters. The molecule has 3 aliphatic carbocycles. The predicted octanol–water partition coefficient (Wildman–Crippen LogP) is -0.360. The first-order valence-corrected chi connectivity index (χ1v) is 12.5. The van der Waals surface area contributed by atoms with Gasteiger partial charge in [0.15, 0.2) is 34.7 Å². The second-order valence-corrected chi connectivity index (χ2v) is 10.3. The first-order valence-electron chi connectivity index (χ1n) is 12.5. The highest BCUT2D eigenvalue weighted by atomic mass is 16.7. The Morgan fingerprint density at radius 3 is 2.41 bits per heavy atom. The molecule has 0 radical (unpaired) electrons. The summed E-state index contributed by atoms with van der Waals surface area (Å²) in [4.78, 5) is 73.1. The van der Waals surface area contributed by atoms with Gasteiger partial charge in [-0.05, 0) is 57.0 Å². The van der Waals surface area contributed by atoms with Crippen molar-refractivity contribution in [2.45, 2.75) is 44.9 Å². The van der Waals surface area contributed by atoms with E-state index in [0.29, 0.717) is 25.3 Å². The minimum atomic E-state index is -2.72. The summed E-state index contributed by atoms with van der Waals surface area (Å²) in [5.74, 6) is -10.5. The van der Waals surface area contributed by atoms with Crippen molar-refractivity contribution in [3.63, 3.8) is 0 Å². The summed E-state index contributed by atoms with van der Waals surface area (Å²) in [6.45, 7) is 5.15. The van der Waals surface area contributed by atoms with Crippen LogP contribution in [-0.2, 0) is 37.0 Å².